The minimum absolute atomic E-state index is 0.0168. The number of fused-ring (bicyclic) bond motifs is 1. The first kappa shape index (κ1) is 21.0. The largest absolute Gasteiger partial charge is 0.504 e. The van der Waals surface area contributed by atoms with Crippen molar-refractivity contribution in [2.75, 3.05) is 7.11 Å². The number of phenolic OH excluding ortho intramolecular Hbond substituents is 1. The first-order chi connectivity index (χ1) is 16.5. The highest BCUT2D eigenvalue weighted by Gasteiger charge is 2.15. The third kappa shape index (κ3) is 3.86. The number of non-ortho nitro benzene ring substituents is 1. The Morgan fingerprint density at radius 1 is 1.09 bits per heavy atom. The van der Waals surface area contributed by atoms with Gasteiger partial charge < -0.3 is 14.3 Å². The maximum absolute atomic E-state index is 10.9. The summed E-state index contributed by atoms with van der Waals surface area (Å²) in [6.45, 7) is 0. The number of aliphatic imine (C=N–C) groups is 1. The Labute approximate surface area is 193 Å². The average molecular weight is 454 g/mol. The Balaban J connectivity index is 1.51. The highest BCUT2D eigenvalue weighted by atomic mass is 16.6. The maximum Gasteiger partial charge on any atom is 0.269 e. The van der Waals surface area contributed by atoms with Crippen LogP contribution < -0.4 is 4.74 Å². The first-order valence-corrected chi connectivity index (χ1v) is 10.3. The van der Waals surface area contributed by atoms with E-state index in [4.69, 9.17) is 14.1 Å². The molecule has 1 N–H and O–H groups in total. The van der Waals surface area contributed by atoms with Gasteiger partial charge in [-0.1, -0.05) is 6.07 Å². The zero-order valence-corrected chi connectivity index (χ0v) is 18.0. The second-order valence-electron chi connectivity index (χ2n) is 7.36. The molecular formula is C25H18N4O5. The Morgan fingerprint density at radius 3 is 2.65 bits per heavy atom. The Bertz CT molecular complexity index is 1530. The molecule has 168 valence electrons. The normalized spacial score (nSPS) is 11.3. The Hall–Kier alpha value is -4.92. The van der Waals surface area contributed by atoms with Gasteiger partial charge >= 0.3 is 0 Å². The second kappa shape index (κ2) is 8.55. The van der Waals surface area contributed by atoms with Crippen molar-refractivity contribution in [2.24, 2.45) is 4.99 Å². The van der Waals surface area contributed by atoms with Crippen LogP contribution in [0.2, 0.25) is 0 Å². The summed E-state index contributed by atoms with van der Waals surface area (Å²) < 4.78 is 13.0. The van der Waals surface area contributed by atoms with Crippen molar-refractivity contribution in [3.63, 3.8) is 0 Å². The van der Waals surface area contributed by atoms with E-state index in [-0.39, 0.29) is 11.4 Å². The summed E-state index contributed by atoms with van der Waals surface area (Å²) in [6.07, 6.45) is 3.45. The highest BCUT2D eigenvalue weighted by molar-refractivity contribution is 5.84. The predicted octanol–water partition coefficient (Wildman–Crippen LogP) is 5.63. The van der Waals surface area contributed by atoms with Crippen LogP contribution in [-0.2, 0) is 0 Å². The quantitative estimate of drug-likeness (QED) is 0.202. The fourth-order valence-corrected chi connectivity index (χ4v) is 3.57. The summed E-state index contributed by atoms with van der Waals surface area (Å²) in [5.74, 6) is 2.03. The minimum Gasteiger partial charge on any atom is -0.504 e. The zero-order valence-electron chi connectivity index (χ0n) is 18.0. The summed E-state index contributed by atoms with van der Waals surface area (Å²) in [5.41, 5.74) is 2.79. The van der Waals surface area contributed by atoms with Gasteiger partial charge in [0.2, 0.25) is 0 Å². The number of pyridine rings is 1. The van der Waals surface area contributed by atoms with E-state index in [1.807, 2.05) is 28.8 Å². The van der Waals surface area contributed by atoms with Gasteiger partial charge in [0.1, 0.15) is 22.9 Å². The van der Waals surface area contributed by atoms with E-state index in [1.54, 1.807) is 48.7 Å². The fraction of sp³-hybridized carbons (Fsp3) is 0.0400. The zero-order chi connectivity index (χ0) is 23.7. The van der Waals surface area contributed by atoms with Gasteiger partial charge in [0.05, 0.1) is 18.2 Å². The van der Waals surface area contributed by atoms with Crippen LogP contribution in [0, 0.1) is 10.1 Å². The van der Waals surface area contributed by atoms with Crippen LogP contribution in [0.4, 0.5) is 11.5 Å². The molecule has 9 nitrogen and oxygen atoms in total. The van der Waals surface area contributed by atoms with Gasteiger partial charge in [-0.2, -0.15) is 0 Å². The molecule has 3 heterocycles. The van der Waals surface area contributed by atoms with E-state index in [0.29, 0.717) is 34.4 Å². The van der Waals surface area contributed by atoms with E-state index in [0.717, 1.165) is 11.1 Å². The lowest BCUT2D eigenvalue weighted by Gasteiger charge is -2.05. The van der Waals surface area contributed by atoms with Crippen LogP contribution in [0.15, 0.2) is 88.4 Å². The number of furan rings is 1. The third-order valence-electron chi connectivity index (χ3n) is 5.26. The van der Waals surface area contributed by atoms with Gasteiger partial charge in [-0.25, -0.2) is 9.98 Å². The van der Waals surface area contributed by atoms with Gasteiger partial charge in [-0.3, -0.25) is 14.5 Å². The summed E-state index contributed by atoms with van der Waals surface area (Å²) in [4.78, 5) is 19.8. The number of rotatable bonds is 6. The first-order valence-electron chi connectivity index (χ1n) is 10.3. The van der Waals surface area contributed by atoms with Crippen LogP contribution in [0.1, 0.15) is 5.76 Å². The lowest BCUT2D eigenvalue weighted by Crippen LogP contribution is -1.87. The molecule has 3 aromatic heterocycles. The molecule has 0 unspecified atom stereocenters. The molecule has 0 aliphatic rings. The number of nitrogens with zero attached hydrogens (tertiary/aromatic N) is 4. The SMILES string of the molecule is COc1cc(-c2nc3ccccn3c2/N=C/c2ccc(-c3ccc([N+](=O)[O-])cc3)o2)ccc1O. The van der Waals surface area contributed by atoms with Crippen LogP contribution in [0.25, 0.3) is 28.2 Å². The van der Waals surface area contributed by atoms with Gasteiger partial charge in [0, 0.05) is 29.5 Å². The fourth-order valence-electron chi connectivity index (χ4n) is 3.57. The maximum atomic E-state index is 10.9. The standard InChI is InChI=1S/C25H18N4O5/c1-33-22-14-17(7-11-20(22)30)24-25(28-13-3-2-4-23(28)27-24)26-15-19-10-12-21(34-19)16-5-8-18(9-6-16)29(31)32/h2-15,30H,1H3/b26-15+. The van der Waals surface area contributed by atoms with Gasteiger partial charge in [-0.15, -0.1) is 0 Å². The number of imidazole rings is 1. The van der Waals surface area contributed by atoms with Crippen molar-refractivity contribution < 1.29 is 19.2 Å². The minimum atomic E-state index is -0.443. The Kier molecular flexibility index (Phi) is 5.27. The molecule has 2 aromatic carbocycles. The van der Waals surface area contributed by atoms with Crippen LogP contribution in [0.5, 0.6) is 11.5 Å². The van der Waals surface area contributed by atoms with Crippen molar-refractivity contribution in [1.82, 2.24) is 9.38 Å². The van der Waals surface area contributed by atoms with Crippen LogP contribution in [-0.4, -0.2) is 32.7 Å². The van der Waals surface area contributed by atoms with E-state index >= 15 is 0 Å². The molecule has 34 heavy (non-hydrogen) atoms. The number of hydrogen-bond acceptors (Lipinski definition) is 7. The number of ether oxygens (including phenoxy) is 1. The van der Waals surface area contributed by atoms with Gasteiger partial charge in [-0.05, 0) is 54.6 Å². The summed E-state index contributed by atoms with van der Waals surface area (Å²) in [5, 5.41) is 20.8. The van der Waals surface area contributed by atoms with Crippen molar-refractivity contribution in [2.45, 2.75) is 0 Å². The summed E-state index contributed by atoms with van der Waals surface area (Å²) >= 11 is 0. The summed E-state index contributed by atoms with van der Waals surface area (Å²) in [7, 11) is 1.49. The molecule has 9 heteroatoms. The van der Waals surface area contributed by atoms with E-state index in [9.17, 15) is 15.2 Å². The molecule has 0 bridgehead atoms. The smallest absolute Gasteiger partial charge is 0.269 e. The average Bonchev–Trinajstić information content (AvgIpc) is 3.48. The monoisotopic (exact) mass is 454 g/mol. The molecule has 0 amide bonds. The lowest BCUT2D eigenvalue weighted by molar-refractivity contribution is -0.384. The molecule has 0 spiro atoms. The van der Waals surface area contributed by atoms with Crippen molar-refractivity contribution in [1.29, 1.82) is 0 Å². The topological polar surface area (TPSA) is 115 Å². The molecule has 0 saturated heterocycles. The molecule has 0 saturated carbocycles. The molecule has 5 aromatic rings. The molecule has 5 rings (SSSR count). The Morgan fingerprint density at radius 2 is 1.88 bits per heavy atom. The van der Waals surface area contributed by atoms with Crippen molar-refractivity contribution in [3.8, 4) is 34.1 Å². The molecule has 0 atom stereocenters. The number of hydrogen-bond donors (Lipinski definition) is 1. The van der Waals surface area contributed by atoms with E-state index < -0.39 is 4.92 Å². The number of aromatic nitrogens is 2. The van der Waals surface area contributed by atoms with Crippen LogP contribution in [0.3, 0.4) is 0 Å². The van der Waals surface area contributed by atoms with Crippen molar-refractivity contribution in [3.05, 3.63) is 94.9 Å². The number of nitro groups is 1. The highest BCUT2D eigenvalue weighted by Crippen LogP contribution is 2.36. The van der Waals surface area contributed by atoms with E-state index in [2.05, 4.69) is 4.99 Å². The number of benzene rings is 2. The predicted molar refractivity (Wildman–Crippen MR) is 127 cm³/mol. The number of aromatic hydroxyl groups is 1. The molecule has 0 radical (unpaired) electrons. The van der Waals surface area contributed by atoms with Crippen LogP contribution >= 0.6 is 0 Å². The van der Waals surface area contributed by atoms with Crippen molar-refractivity contribution >= 4 is 23.4 Å². The molecule has 0 aliphatic heterocycles. The number of nitro benzene ring substituents is 1. The molecule has 0 fully saturated rings. The van der Waals surface area contributed by atoms with E-state index in [1.165, 1.54) is 19.2 Å². The lowest BCUT2D eigenvalue weighted by atomic mass is 10.1. The van der Waals surface area contributed by atoms with Gasteiger partial charge in [0.15, 0.2) is 17.3 Å². The molecular weight excluding hydrogens is 436 g/mol. The third-order valence-corrected chi connectivity index (χ3v) is 5.26. The summed E-state index contributed by atoms with van der Waals surface area (Å²) in [6, 6.07) is 20.3. The second-order valence-corrected chi connectivity index (χ2v) is 7.36. The molecule has 0 aliphatic carbocycles. The van der Waals surface area contributed by atoms with Gasteiger partial charge in [0.25, 0.3) is 5.69 Å². The number of methoxy groups -OCH3 is 1. The number of phenols is 1.